The third-order valence-corrected chi connectivity index (χ3v) is 3.19. The Balaban J connectivity index is 0.00000200. The molecule has 20 heavy (non-hydrogen) atoms. The fourth-order valence-corrected chi connectivity index (χ4v) is 2.22. The summed E-state index contributed by atoms with van der Waals surface area (Å²) in [5.41, 5.74) is 8.35. The molecule has 0 radical (unpaired) electrons. The summed E-state index contributed by atoms with van der Waals surface area (Å²) in [4.78, 5) is 4.42. The lowest BCUT2D eigenvalue weighted by molar-refractivity contribution is 0.282. The number of aliphatic hydroxyl groups is 1. The van der Waals surface area contributed by atoms with Gasteiger partial charge in [-0.1, -0.05) is 13.5 Å². The molecule has 0 aliphatic rings. The third-order valence-electron chi connectivity index (χ3n) is 3.19. The second-order valence-corrected chi connectivity index (χ2v) is 4.85. The van der Waals surface area contributed by atoms with Crippen LogP contribution in [0.3, 0.4) is 0 Å². The first-order valence-electron chi connectivity index (χ1n) is 6.69. The highest BCUT2D eigenvalue weighted by molar-refractivity contribution is 5.91. The van der Waals surface area contributed by atoms with E-state index in [-0.39, 0.29) is 14.0 Å². The molecule has 0 saturated carbocycles. The van der Waals surface area contributed by atoms with Gasteiger partial charge >= 0.3 is 0 Å². The van der Waals surface area contributed by atoms with E-state index >= 15 is 0 Å². The quantitative estimate of drug-likeness (QED) is 0.758. The van der Waals surface area contributed by atoms with Crippen LogP contribution in [0.5, 0.6) is 0 Å². The molecule has 0 aliphatic heterocycles. The highest BCUT2D eigenvalue weighted by Gasteiger charge is 2.08. The number of nitrogens with two attached hydrogens (primary N) is 1. The average Bonchev–Trinajstić information content (AvgIpc) is 2.44. The monoisotopic (exact) mass is 275 g/mol. The van der Waals surface area contributed by atoms with Gasteiger partial charge in [-0.25, -0.2) is 0 Å². The molecule has 1 unspecified atom stereocenters. The van der Waals surface area contributed by atoms with Crippen molar-refractivity contribution in [1.82, 2.24) is 4.98 Å². The van der Waals surface area contributed by atoms with E-state index in [9.17, 15) is 5.11 Å². The number of aromatic nitrogens is 1. The van der Waals surface area contributed by atoms with Crippen molar-refractivity contribution in [1.29, 1.82) is 0 Å². The largest absolute Gasteiger partial charge is 0.392 e. The van der Waals surface area contributed by atoms with Gasteiger partial charge in [0.15, 0.2) is 0 Å². The third kappa shape index (κ3) is 3.92. The van der Waals surface area contributed by atoms with E-state index in [4.69, 9.17) is 5.73 Å². The molecule has 0 aliphatic carbocycles. The summed E-state index contributed by atoms with van der Waals surface area (Å²) in [5, 5.41) is 13.8. The second kappa shape index (κ2) is 7.82. The van der Waals surface area contributed by atoms with Crippen LogP contribution >= 0.6 is 0 Å². The van der Waals surface area contributed by atoms with Crippen molar-refractivity contribution in [3.05, 3.63) is 36.0 Å². The van der Waals surface area contributed by atoms with Crippen LogP contribution in [-0.4, -0.2) is 22.7 Å². The van der Waals surface area contributed by atoms with Gasteiger partial charge in [-0.05, 0) is 50.1 Å². The molecule has 4 heteroatoms. The van der Waals surface area contributed by atoms with E-state index in [1.54, 1.807) is 6.20 Å². The van der Waals surface area contributed by atoms with Crippen molar-refractivity contribution in [2.45, 2.75) is 39.8 Å². The first-order valence-corrected chi connectivity index (χ1v) is 6.69. The molecule has 4 nitrogen and oxygen atoms in total. The van der Waals surface area contributed by atoms with Gasteiger partial charge in [-0.2, -0.15) is 0 Å². The summed E-state index contributed by atoms with van der Waals surface area (Å²) in [6, 6.07) is 8.19. The van der Waals surface area contributed by atoms with E-state index in [1.807, 2.05) is 24.3 Å². The maximum atomic E-state index is 9.33. The summed E-state index contributed by atoms with van der Waals surface area (Å²) in [6.07, 6.45) is 3.81. The summed E-state index contributed by atoms with van der Waals surface area (Å²) in [5.74, 6) is 0. The highest BCUT2D eigenvalue weighted by Crippen LogP contribution is 2.24. The number of hydrogen-bond acceptors (Lipinski definition) is 4. The maximum absolute atomic E-state index is 9.33. The van der Waals surface area contributed by atoms with Crippen molar-refractivity contribution in [3.63, 3.8) is 0 Å². The molecule has 110 valence electrons. The average molecular weight is 275 g/mol. The Morgan fingerprint density at radius 2 is 2.20 bits per heavy atom. The van der Waals surface area contributed by atoms with Crippen LogP contribution in [0.2, 0.25) is 0 Å². The molecule has 1 atom stereocenters. The van der Waals surface area contributed by atoms with Crippen LogP contribution < -0.4 is 11.1 Å². The summed E-state index contributed by atoms with van der Waals surface area (Å²) >= 11 is 0. The van der Waals surface area contributed by atoms with Gasteiger partial charge in [0.05, 0.1) is 17.8 Å². The number of rotatable bonds is 6. The second-order valence-electron chi connectivity index (χ2n) is 4.85. The van der Waals surface area contributed by atoms with Crippen LogP contribution in [0.25, 0.3) is 10.9 Å². The molecule has 0 fully saturated rings. The van der Waals surface area contributed by atoms with Gasteiger partial charge < -0.3 is 16.2 Å². The molecular weight excluding hydrogens is 250 g/mol. The fraction of sp³-hybridized carbons (Fsp3) is 0.438. The van der Waals surface area contributed by atoms with Crippen LogP contribution in [0.1, 0.15) is 32.8 Å². The molecule has 2 aromatic rings. The van der Waals surface area contributed by atoms with Gasteiger partial charge in [-0.3, -0.25) is 4.98 Å². The van der Waals surface area contributed by atoms with Crippen molar-refractivity contribution in [2.24, 2.45) is 5.73 Å². The zero-order valence-electron chi connectivity index (χ0n) is 11.3. The molecule has 2 rings (SSSR count). The number of benzene rings is 1. The first kappa shape index (κ1) is 16.4. The molecule has 0 saturated heterocycles. The lowest BCUT2D eigenvalue weighted by atomic mass is 10.1. The Morgan fingerprint density at radius 1 is 1.40 bits per heavy atom. The van der Waals surface area contributed by atoms with Crippen molar-refractivity contribution < 1.29 is 5.11 Å². The first-order chi connectivity index (χ1) is 9.24. The van der Waals surface area contributed by atoms with E-state index < -0.39 is 0 Å². The molecule has 1 aromatic carbocycles. The summed E-state index contributed by atoms with van der Waals surface area (Å²) in [7, 11) is 0. The van der Waals surface area contributed by atoms with E-state index in [1.165, 1.54) is 0 Å². The minimum absolute atomic E-state index is 0. The Bertz CT molecular complexity index is 542. The van der Waals surface area contributed by atoms with E-state index in [0.29, 0.717) is 12.6 Å². The van der Waals surface area contributed by atoms with Crippen LogP contribution in [-0.2, 0) is 6.61 Å². The Morgan fingerprint density at radius 3 is 2.90 bits per heavy atom. The van der Waals surface area contributed by atoms with Crippen LogP contribution in [0.4, 0.5) is 5.69 Å². The predicted octanol–water partition coefficient (Wildman–Crippen LogP) is 2.90. The minimum atomic E-state index is 0. The molecule has 0 spiro atoms. The summed E-state index contributed by atoms with van der Waals surface area (Å²) < 4.78 is 0. The van der Waals surface area contributed by atoms with Gasteiger partial charge in [0, 0.05) is 17.6 Å². The van der Waals surface area contributed by atoms with E-state index in [2.05, 4.69) is 17.2 Å². The topological polar surface area (TPSA) is 71.2 Å². The molecule has 0 amide bonds. The lowest BCUT2D eigenvalue weighted by Gasteiger charge is -2.17. The minimum Gasteiger partial charge on any atom is -0.392 e. The lowest BCUT2D eigenvalue weighted by Crippen LogP contribution is -2.17. The number of nitrogens with zero attached hydrogens (tertiary/aromatic N) is 1. The summed E-state index contributed by atoms with van der Waals surface area (Å²) in [6.45, 7) is 2.88. The zero-order chi connectivity index (χ0) is 13.7. The van der Waals surface area contributed by atoms with Crippen LogP contribution in [0.15, 0.2) is 30.5 Å². The van der Waals surface area contributed by atoms with Gasteiger partial charge in [0.2, 0.25) is 0 Å². The standard InChI is InChI=1S/C15H21N3O.CH4/c1-11(4-2-6-16)18-14-9-12(10-19)8-13-5-3-7-17-15(13)14;/h3,5,7-9,11,18-19H,2,4,6,10,16H2,1H3;1H4. The Hall–Kier alpha value is -1.65. The van der Waals surface area contributed by atoms with Gasteiger partial charge in [0.25, 0.3) is 0 Å². The number of fused-ring (bicyclic) bond motifs is 1. The molecule has 0 bridgehead atoms. The SMILES string of the molecule is C.CC(CCCN)Nc1cc(CO)cc2cccnc12. The number of hydrogen-bond donors (Lipinski definition) is 3. The number of nitrogens with one attached hydrogen (secondary N) is 1. The highest BCUT2D eigenvalue weighted by atomic mass is 16.3. The number of aliphatic hydroxyl groups excluding tert-OH is 1. The fourth-order valence-electron chi connectivity index (χ4n) is 2.22. The zero-order valence-corrected chi connectivity index (χ0v) is 11.3. The van der Waals surface area contributed by atoms with Crippen molar-refractivity contribution in [2.75, 3.05) is 11.9 Å². The van der Waals surface area contributed by atoms with Crippen molar-refractivity contribution in [3.8, 4) is 0 Å². The number of pyridine rings is 1. The van der Waals surface area contributed by atoms with Crippen molar-refractivity contribution >= 4 is 16.6 Å². The van der Waals surface area contributed by atoms with E-state index in [0.717, 1.165) is 35.0 Å². The molecule has 1 heterocycles. The molecule has 1 aromatic heterocycles. The smallest absolute Gasteiger partial charge is 0.0933 e. The molecule has 4 N–H and O–H groups in total. The predicted molar refractivity (Wildman–Crippen MR) is 85.8 cm³/mol. The maximum Gasteiger partial charge on any atom is 0.0933 e. The van der Waals surface area contributed by atoms with Gasteiger partial charge in [-0.15, -0.1) is 0 Å². The van der Waals surface area contributed by atoms with Gasteiger partial charge in [0.1, 0.15) is 0 Å². The Kier molecular flexibility index (Phi) is 6.42. The normalized spacial score (nSPS) is 11.9. The Labute approximate surface area is 121 Å². The number of anilines is 1. The van der Waals surface area contributed by atoms with Crippen LogP contribution in [0, 0.1) is 0 Å². The molecular formula is C16H25N3O.